The predicted octanol–water partition coefficient (Wildman–Crippen LogP) is 2.24. The molecule has 1 rings (SSSR count). The molecule has 0 aliphatic rings. The molecule has 5 nitrogen and oxygen atoms in total. The van der Waals surface area contributed by atoms with Gasteiger partial charge in [-0.2, -0.15) is 0 Å². The highest BCUT2D eigenvalue weighted by atomic mass is 127. The third-order valence-corrected chi connectivity index (χ3v) is 4.39. The fourth-order valence-corrected chi connectivity index (χ4v) is 2.42. The first kappa shape index (κ1) is 21.6. The highest BCUT2D eigenvalue weighted by Gasteiger charge is 2.17. The number of halogens is 2. The van der Waals surface area contributed by atoms with E-state index in [1.807, 2.05) is 70.3 Å². The maximum Gasteiger partial charge on any atom is 0.318 e. The number of hydrogen-bond donors (Lipinski definition) is 1. The average molecular weight is 560 g/mol. The maximum atomic E-state index is 11.6. The molecule has 0 aromatic heterocycles. The second kappa shape index (κ2) is 11.2. The molecule has 7 heteroatoms. The van der Waals surface area contributed by atoms with Gasteiger partial charge in [-0.15, -0.1) is 0 Å². The molecule has 2 atom stereocenters. The molecule has 0 spiro atoms. The molecule has 2 unspecified atom stereocenters. The Hall–Kier alpha value is -0.420. The fourth-order valence-electron chi connectivity index (χ4n) is 2.06. The Morgan fingerprint density at radius 3 is 1.96 bits per heavy atom. The molecule has 1 N–H and O–H groups in total. The number of alkyl halides is 2. The molecule has 0 aliphatic carbocycles. The van der Waals surface area contributed by atoms with Gasteiger partial charge in [0.1, 0.15) is 39.8 Å². The maximum absolute atomic E-state index is 11.6. The molecule has 0 saturated carbocycles. The Labute approximate surface area is 170 Å². The van der Waals surface area contributed by atoms with Crippen LogP contribution in [0.3, 0.4) is 0 Å². The van der Waals surface area contributed by atoms with E-state index in [4.69, 9.17) is 9.47 Å². The third kappa shape index (κ3) is 8.11. The lowest BCUT2D eigenvalue weighted by atomic mass is 10.2. The van der Waals surface area contributed by atoms with E-state index in [1.165, 1.54) is 5.56 Å². The van der Waals surface area contributed by atoms with Gasteiger partial charge in [0, 0.05) is 6.07 Å². The number of benzene rings is 1. The summed E-state index contributed by atoms with van der Waals surface area (Å²) in [6.07, 6.45) is 0. The summed E-state index contributed by atoms with van der Waals surface area (Å²) in [5.41, 5.74) is 2.27. The van der Waals surface area contributed by atoms with Crippen LogP contribution >= 0.6 is 45.2 Å². The van der Waals surface area contributed by atoms with E-state index in [-0.39, 0.29) is 19.8 Å². The van der Waals surface area contributed by atoms with Crippen molar-refractivity contribution in [2.75, 3.05) is 26.3 Å². The minimum atomic E-state index is -0.204. The first-order chi connectivity index (χ1) is 11.3. The van der Waals surface area contributed by atoms with Crippen LogP contribution in [0.25, 0.3) is 0 Å². The van der Waals surface area contributed by atoms with Gasteiger partial charge in [-0.25, -0.2) is 0 Å². The number of aryl methyl sites for hydroxylation is 1. The van der Waals surface area contributed by atoms with E-state index in [0.29, 0.717) is 26.3 Å². The van der Waals surface area contributed by atoms with Crippen LogP contribution in [0.1, 0.15) is 19.4 Å². The molecule has 1 aromatic carbocycles. The second-order valence-electron chi connectivity index (χ2n) is 5.54. The van der Waals surface area contributed by atoms with Gasteiger partial charge >= 0.3 is 11.9 Å². The van der Waals surface area contributed by atoms with Gasteiger partial charge in [0.2, 0.25) is 0 Å². The van der Waals surface area contributed by atoms with Crippen LogP contribution in [-0.2, 0) is 19.1 Å². The summed E-state index contributed by atoms with van der Waals surface area (Å²) in [6.45, 7) is 7.60. The molecular weight excluding hydrogens is 536 g/mol. The SMILES string of the molecule is Cc1cccc([NH+](CCOC(=O)C(C)I)CCOC(=O)C(C)I)c1. The minimum Gasteiger partial charge on any atom is -0.459 e. The van der Waals surface area contributed by atoms with Crippen LogP contribution in [0.4, 0.5) is 5.69 Å². The number of nitrogens with one attached hydrogen (secondary N) is 1. The Bertz CT molecular complexity index is 523. The average Bonchev–Trinajstić information content (AvgIpc) is 2.52. The molecule has 0 fully saturated rings. The number of quaternary nitrogens is 1. The Balaban J connectivity index is 2.62. The summed E-state index contributed by atoms with van der Waals surface area (Å²) in [4.78, 5) is 24.3. The molecule has 0 saturated heterocycles. The fraction of sp³-hybridized carbons (Fsp3) is 0.529. The zero-order chi connectivity index (χ0) is 18.1. The van der Waals surface area contributed by atoms with E-state index >= 15 is 0 Å². The third-order valence-electron chi connectivity index (χ3n) is 3.37. The number of rotatable bonds is 9. The predicted molar refractivity (Wildman–Crippen MR) is 110 cm³/mol. The number of esters is 2. The second-order valence-corrected chi connectivity index (χ2v) is 9.28. The van der Waals surface area contributed by atoms with Crippen LogP contribution in [0.15, 0.2) is 24.3 Å². The summed E-state index contributed by atoms with van der Waals surface area (Å²) >= 11 is 4.08. The van der Waals surface area contributed by atoms with Gasteiger partial charge in [0.15, 0.2) is 0 Å². The molecule has 0 heterocycles. The number of ether oxygens (including phenoxy) is 2. The topological polar surface area (TPSA) is 57.0 Å². The van der Waals surface area contributed by atoms with Crippen LogP contribution in [0.2, 0.25) is 0 Å². The summed E-state index contributed by atoms with van der Waals surface area (Å²) < 4.78 is 10.2. The summed E-state index contributed by atoms with van der Waals surface area (Å²) in [7, 11) is 0. The summed E-state index contributed by atoms with van der Waals surface area (Å²) in [5.74, 6) is -0.409. The van der Waals surface area contributed by atoms with Crippen molar-refractivity contribution in [2.24, 2.45) is 0 Å². The zero-order valence-electron chi connectivity index (χ0n) is 14.2. The Morgan fingerprint density at radius 2 is 1.54 bits per heavy atom. The van der Waals surface area contributed by atoms with Crippen molar-refractivity contribution in [3.8, 4) is 0 Å². The van der Waals surface area contributed by atoms with Crippen molar-refractivity contribution in [3.05, 3.63) is 29.8 Å². The van der Waals surface area contributed by atoms with E-state index in [1.54, 1.807) is 13.8 Å². The van der Waals surface area contributed by atoms with Crippen molar-refractivity contribution in [2.45, 2.75) is 28.6 Å². The van der Waals surface area contributed by atoms with E-state index in [2.05, 4.69) is 6.07 Å². The zero-order valence-corrected chi connectivity index (χ0v) is 18.5. The molecule has 0 amide bonds. The Kier molecular flexibility index (Phi) is 10.1. The van der Waals surface area contributed by atoms with Gasteiger partial charge in [-0.1, -0.05) is 57.3 Å². The van der Waals surface area contributed by atoms with Crippen molar-refractivity contribution >= 4 is 62.8 Å². The van der Waals surface area contributed by atoms with Crippen LogP contribution in [0.5, 0.6) is 0 Å². The summed E-state index contributed by atoms with van der Waals surface area (Å²) in [5, 5.41) is 0. The van der Waals surface area contributed by atoms with E-state index in [9.17, 15) is 9.59 Å². The smallest absolute Gasteiger partial charge is 0.318 e. The van der Waals surface area contributed by atoms with Crippen molar-refractivity contribution < 1.29 is 24.0 Å². The van der Waals surface area contributed by atoms with Gasteiger partial charge in [0.05, 0.1) is 0 Å². The normalized spacial score (nSPS) is 14.5. The Morgan fingerprint density at radius 1 is 1.04 bits per heavy atom. The van der Waals surface area contributed by atoms with Crippen molar-refractivity contribution in [3.63, 3.8) is 0 Å². The molecule has 0 bridgehead atoms. The van der Waals surface area contributed by atoms with Crippen LogP contribution in [0, 0.1) is 6.92 Å². The van der Waals surface area contributed by atoms with Gasteiger partial charge < -0.3 is 9.47 Å². The lowest BCUT2D eigenvalue weighted by Gasteiger charge is -2.20. The standard InChI is InChI=1S/C17H23I2NO4/c1-12-5-4-6-15(11-12)20(7-9-23-16(21)13(2)18)8-10-24-17(22)14(3)19/h4-6,11,13-14H,7-10H2,1-3H3/p+1. The lowest BCUT2D eigenvalue weighted by molar-refractivity contribution is -0.833. The van der Waals surface area contributed by atoms with Crippen LogP contribution in [-0.4, -0.2) is 46.1 Å². The quantitative estimate of drug-likeness (QED) is 0.286. The van der Waals surface area contributed by atoms with E-state index < -0.39 is 0 Å². The highest BCUT2D eigenvalue weighted by molar-refractivity contribution is 14.1. The largest absolute Gasteiger partial charge is 0.459 e. The van der Waals surface area contributed by atoms with Gasteiger partial charge in [-0.05, 0) is 32.4 Å². The molecule has 0 aliphatic heterocycles. The van der Waals surface area contributed by atoms with Crippen molar-refractivity contribution in [1.82, 2.24) is 0 Å². The molecule has 24 heavy (non-hydrogen) atoms. The number of carbonyl (C=O) groups is 2. The summed E-state index contributed by atoms with van der Waals surface area (Å²) in [6, 6.07) is 8.17. The first-order valence-corrected chi connectivity index (χ1v) is 10.3. The molecule has 0 radical (unpaired) electrons. The number of hydrogen-bond acceptors (Lipinski definition) is 4. The monoisotopic (exact) mass is 560 g/mol. The molecule has 134 valence electrons. The van der Waals surface area contributed by atoms with Gasteiger partial charge in [-0.3, -0.25) is 14.5 Å². The van der Waals surface area contributed by atoms with E-state index in [0.717, 1.165) is 10.6 Å². The van der Waals surface area contributed by atoms with Gasteiger partial charge in [0.25, 0.3) is 0 Å². The van der Waals surface area contributed by atoms with Crippen molar-refractivity contribution in [1.29, 1.82) is 0 Å². The lowest BCUT2D eigenvalue weighted by Crippen LogP contribution is -3.08. The van der Waals surface area contributed by atoms with Crippen LogP contribution < -0.4 is 4.90 Å². The first-order valence-electron chi connectivity index (χ1n) is 7.84. The highest BCUT2D eigenvalue weighted by Crippen LogP contribution is 2.05. The minimum absolute atomic E-state index is 0.156. The molecule has 1 aromatic rings. The number of carbonyl (C=O) groups excluding carboxylic acids is 2. The molecular formula is C17H24I2NO4+.